The van der Waals surface area contributed by atoms with E-state index in [0.717, 1.165) is 39.1 Å². The molecule has 4 heteroatoms. The van der Waals surface area contributed by atoms with Gasteiger partial charge in [0.1, 0.15) is 0 Å². The fourth-order valence-corrected chi connectivity index (χ4v) is 2.34. The van der Waals surface area contributed by atoms with Crippen molar-refractivity contribution in [3.8, 4) is 0 Å². The van der Waals surface area contributed by atoms with Crippen molar-refractivity contribution < 1.29 is 4.79 Å². The number of rotatable bonds is 5. The maximum absolute atomic E-state index is 12.4. The highest BCUT2D eigenvalue weighted by Gasteiger charge is 2.21. The zero-order valence-electron chi connectivity index (χ0n) is 12.4. The van der Waals surface area contributed by atoms with Crippen molar-refractivity contribution in [1.29, 1.82) is 0 Å². The van der Waals surface area contributed by atoms with Gasteiger partial charge in [0.2, 0.25) is 5.91 Å². The summed E-state index contributed by atoms with van der Waals surface area (Å²) in [6, 6.07) is 0.296. The van der Waals surface area contributed by atoms with Gasteiger partial charge in [-0.3, -0.25) is 9.69 Å². The average Bonchev–Trinajstić information content (AvgIpc) is 2.53. The van der Waals surface area contributed by atoms with Crippen LogP contribution >= 0.6 is 0 Å². The van der Waals surface area contributed by atoms with Crippen LogP contribution in [-0.2, 0) is 4.79 Å². The fraction of sp³-hybridized carbons (Fsp3) is 0.929. The van der Waals surface area contributed by atoms with Gasteiger partial charge in [-0.1, -0.05) is 13.8 Å². The Labute approximate surface area is 112 Å². The molecule has 0 aromatic rings. The summed E-state index contributed by atoms with van der Waals surface area (Å²) < 4.78 is 0. The van der Waals surface area contributed by atoms with Gasteiger partial charge in [0.25, 0.3) is 0 Å². The van der Waals surface area contributed by atoms with Crippen LogP contribution in [0.4, 0.5) is 0 Å². The zero-order valence-corrected chi connectivity index (χ0v) is 12.4. The van der Waals surface area contributed by atoms with Crippen molar-refractivity contribution in [3.63, 3.8) is 0 Å². The summed E-state index contributed by atoms with van der Waals surface area (Å²) >= 11 is 0. The average molecular weight is 255 g/mol. The van der Waals surface area contributed by atoms with Gasteiger partial charge in [0.15, 0.2) is 0 Å². The standard InChI is InChI=1S/C14H29N3O/c1-12(2)10-17(13(3)4)14(18)11-16-8-5-6-15-7-9-16/h12-13,15H,5-11H2,1-4H3. The van der Waals surface area contributed by atoms with Gasteiger partial charge in [0.05, 0.1) is 6.54 Å². The summed E-state index contributed by atoms with van der Waals surface area (Å²) in [5.74, 6) is 0.808. The van der Waals surface area contributed by atoms with E-state index in [1.165, 1.54) is 0 Å². The molecule has 1 N–H and O–H groups in total. The van der Waals surface area contributed by atoms with Gasteiger partial charge >= 0.3 is 0 Å². The van der Waals surface area contributed by atoms with E-state index in [-0.39, 0.29) is 5.91 Å². The molecule has 0 radical (unpaired) electrons. The molecule has 1 heterocycles. The first kappa shape index (κ1) is 15.4. The van der Waals surface area contributed by atoms with Crippen LogP contribution in [0.1, 0.15) is 34.1 Å². The molecule has 0 aliphatic carbocycles. The van der Waals surface area contributed by atoms with Crippen LogP contribution in [0.15, 0.2) is 0 Å². The quantitative estimate of drug-likeness (QED) is 0.801. The maximum Gasteiger partial charge on any atom is 0.236 e. The van der Waals surface area contributed by atoms with E-state index in [1.807, 2.05) is 4.90 Å². The van der Waals surface area contributed by atoms with Crippen LogP contribution in [0.5, 0.6) is 0 Å². The molecule has 1 aliphatic heterocycles. The minimum atomic E-state index is 0.278. The molecule has 0 saturated carbocycles. The Morgan fingerprint density at radius 3 is 2.56 bits per heavy atom. The first-order valence-corrected chi connectivity index (χ1v) is 7.23. The zero-order chi connectivity index (χ0) is 13.5. The van der Waals surface area contributed by atoms with Gasteiger partial charge < -0.3 is 10.2 Å². The van der Waals surface area contributed by atoms with Gasteiger partial charge in [-0.15, -0.1) is 0 Å². The summed E-state index contributed by atoms with van der Waals surface area (Å²) in [7, 11) is 0. The van der Waals surface area contributed by atoms with Crippen LogP contribution in [-0.4, -0.2) is 61.0 Å². The van der Waals surface area contributed by atoms with E-state index in [2.05, 4.69) is 37.9 Å². The van der Waals surface area contributed by atoms with Crippen molar-refractivity contribution >= 4 is 5.91 Å². The van der Waals surface area contributed by atoms with E-state index >= 15 is 0 Å². The molecular formula is C14H29N3O. The van der Waals surface area contributed by atoms with Crippen LogP contribution in [0.3, 0.4) is 0 Å². The lowest BCUT2D eigenvalue weighted by atomic mass is 10.1. The molecule has 0 spiro atoms. The molecule has 1 saturated heterocycles. The summed E-state index contributed by atoms with van der Waals surface area (Å²) in [6.07, 6.45) is 1.14. The van der Waals surface area contributed by atoms with Crippen molar-refractivity contribution in [1.82, 2.24) is 15.1 Å². The Kier molecular flexibility index (Phi) is 6.65. The topological polar surface area (TPSA) is 35.6 Å². The lowest BCUT2D eigenvalue weighted by molar-refractivity contribution is -0.134. The number of carbonyl (C=O) groups excluding carboxylic acids is 1. The number of nitrogens with one attached hydrogen (secondary N) is 1. The third-order valence-electron chi connectivity index (χ3n) is 3.30. The monoisotopic (exact) mass is 255 g/mol. The molecule has 4 nitrogen and oxygen atoms in total. The highest BCUT2D eigenvalue weighted by Crippen LogP contribution is 2.06. The van der Waals surface area contributed by atoms with E-state index in [9.17, 15) is 4.79 Å². The van der Waals surface area contributed by atoms with Gasteiger partial charge in [0, 0.05) is 25.7 Å². The molecule has 1 fully saturated rings. The minimum Gasteiger partial charge on any atom is -0.339 e. The molecule has 1 rings (SSSR count). The molecule has 1 amide bonds. The molecule has 1 aliphatic rings. The first-order chi connectivity index (χ1) is 8.50. The largest absolute Gasteiger partial charge is 0.339 e. The van der Waals surface area contributed by atoms with Crippen molar-refractivity contribution in [2.24, 2.45) is 5.92 Å². The van der Waals surface area contributed by atoms with E-state index in [4.69, 9.17) is 0 Å². The molecule has 0 aromatic heterocycles. The summed E-state index contributed by atoms with van der Waals surface area (Å²) in [5.41, 5.74) is 0. The smallest absolute Gasteiger partial charge is 0.236 e. The number of hydrogen-bond donors (Lipinski definition) is 1. The number of amides is 1. The van der Waals surface area contributed by atoms with E-state index in [0.29, 0.717) is 18.5 Å². The SMILES string of the molecule is CC(C)CN(C(=O)CN1CCCNCC1)C(C)C. The third kappa shape index (κ3) is 5.36. The molecule has 0 atom stereocenters. The Bertz CT molecular complexity index is 245. The maximum atomic E-state index is 12.4. The van der Waals surface area contributed by atoms with Crippen LogP contribution in [0.2, 0.25) is 0 Å². The van der Waals surface area contributed by atoms with Crippen LogP contribution in [0, 0.1) is 5.92 Å². The molecule has 106 valence electrons. The lowest BCUT2D eigenvalue weighted by Gasteiger charge is -2.31. The van der Waals surface area contributed by atoms with Gasteiger partial charge in [-0.25, -0.2) is 0 Å². The molecule has 0 bridgehead atoms. The van der Waals surface area contributed by atoms with E-state index < -0.39 is 0 Å². The second-order valence-electron chi connectivity index (χ2n) is 5.91. The summed E-state index contributed by atoms with van der Waals surface area (Å²) in [6.45, 7) is 14.1. The fourth-order valence-electron chi connectivity index (χ4n) is 2.34. The number of nitrogens with zero attached hydrogens (tertiary/aromatic N) is 2. The highest BCUT2D eigenvalue weighted by atomic mass is 16.2. The second kappa shape index (κ2) is 7.74. The Balaban J connectivity index is 2.49. The van der Waals surface area contributed by atoms with Gasteiger partial charge in [-0.05, 0) is 39.3 Å². The number of carbonyl (C=O) groups is 1. The van der Waals surface area contributed by atoms with Crippen molar-refractivity contribution in [2.45, 2.75) is 40.2 Å². The third-order valence-corrected chi connectivity index (χ3v) is 3.30. The van der Waals surface area contributed by atoms with E-state index in [1.54, 1.807) is 0 Å². The minimum absolute atomic E-state index is 0.278. The summed E-state index contributed by atoms with van der Waals surface area (Å²) in [4.78, 5) is 16.7. The van der Waals surface area contributed by atoms with Crippen LogP contribution in [0.25, 0.3) is 0 Å². The molecular weight excluding hydrogens is 226 g/mol. The molecule has 0 unspecified atom stereocenters. The first-order valence-electron chi connectivity index (χ1n) is 7.23. The normalized spacial score (nSPS) is 18.1. The molecule has 18 heavy (non-hydrogen) atoms. The Morgan fingerprint density at radius 2 is 1.94 bits per heavy atom. The van der Waals surface area contributed by atoms with Gasteiger partial charge in [-0.2, -0.15) is 0 Å². The highest BCUT2D eigenvalue weighted by molar-refractivity contribution is 5.78. The van der Waals surface area contributed by atoms with Crippen molar-refractivity contribution in [3.05, 3.63) is 0 Å². The Hall–Kier alpha value is -0.610. The van der Waals surface area contributed by atoms with Crippen LogP contribution < -0.4 is 5.32 Å². The Morgan fingerprint density at radius 1 is 1.22 bits per heavy atom. The number of hydrogen-bond acceptors (Lipinski definition) is 3. The second-order valence-corrected chi connectivity index (χ2v) is 5.91. The predicted molar refractivity (Wildman–Crippen MR) is 75.6 cm³/mol. The molecule has 0 aromatic carbocycles. The lowest BCUT2D eigenvalue weighted by Crippen LogP contribution is -2.46. The predicted octanol–water partition coefficient (Wildman–Crippen LogP) is 1.17. The van der Waals surface area contributed by atoms with Crippen molar-refractivity contribution in [2.75, 3.05) is 39.3 Å². The summed E-state index contributed by atoms with van der Waals surface area (Å²) in [5, 5.41) is 3.37.